The molecule has 2 heterocycles. The van der Waals surface area contributed by atoms with Crippen LogP contribution in [-0.4, -0.2) is 30.6 Å². The first-order valence-corrected chi connectivity index (χ1v) is 8.65. The molecule has 3 aromatic rings. The summed E-state index contributed by atoms with van der Waals surface area (Å²) in [4.78, 5) is 15.0. The van der Waals surface area contributed by atoms with E-state index in [0.29, 0.717) is 36.1 Å². The van der Waals surface area contributed by atoms with E-state index in [1.54, 1.807) is 12.1 Å². The van der Waals surface area contributed by atoms with E-state index in [9.17, 15) is 4.79 Å². The van der Waals surface area contributed by atoms with Gasteiger partial charge in [-0.3, -0.25) is 4.79 Å². The molecule has 0 radical (unpaired) electrons. The maximum Gasteiger partial charge on any atom is 0.290 e. The van der Waals surface area contributed by atoms with E-state index in [1.165, 1.54) is 0 Å². The SMILES string of the molecule is Cc1c(C(=O)N2CCOC[C@H]2c2ccccc2)oc2ccc(Cl)cc12. The van der Waals surface area contributed by atoms with Gasteiger partial charge in [-0.2, -0.15) is 0 Å². The number of carbonyl (C=O) groups is 1. The van der Waals surface area contributed by atoms with E-state index < -0.39 is 0 Å². The zero-order valence-corrected chi connectivity index (χ0v) is 14.6. The maximum atomic E-state index is 13.2. The van der Waals surface area contributed by atoms with E-state index in [4.69, 9.17) is 20.8 Å². The first-order valence-electron chi connectivity index (χ1n) is 8.27. The van der Waals surface area contributed by atoms with Gasteiger partial charge in [0.15, 0.2) is 5.76 Å². The standard InChI is InChI=1S/C20H18ClNO3/c1-13-16-11-15(21)7-8-18(16)25-19(13)20(23)22-9-10-24-12-17(22)14-5-3-2-4-6-14/h2-8,11,17H,9-10,12H2,1H3/t17-/m0/s1. The minimum Gasteiger partial charge on any atom is -0.451 e. The number of benzene rings is 2. The number of halogens is 1. The normalized spacial score (nSPS) is 17.8. The lowest BCUT2D eigenvalue weighted by Gasteiger charge is -2.35. The molecule has 2 aromatic carbocycles. The molecule has 1 aliphatic rings. The Morgan fingerprint density at radius 3 is 2.80 bits per heavy atom. The second-order valence-corrected chi connectivity index (χ2v) is 6.63. The lowest BCUT2D eigenvalue weighted by Crippen LogP contribution is -2.43. The summed E-state index contributed by atoms with van der Waals surface area (Å²) in [6.07, 6.45) is 0. The number of morpholine rings is 1. The average molecular weight is 356 g/mol. The summed E-state index contributed by atoms with van der Waals surface area (Å²) >= 11 is 6.08. The Balaban J connectivity index is 1.72. The lowest BCUT2D eigenvalue weighted by molar-refractivity contribution is -0.00420. The molecule has 0 saturated carbocycles. The van der Waals surface area contributed by atoms with E-state index in [1.807, 2.05) is 48.2 Å². The van der Waals surface area contributed by atoms with Gasteiger partial charge in [-0.15, -0.1) is 0 Å². The van der Waals surface area contributed by atoms with Crippen molar-refractivity contribution in [3.05, 3.63) is 70.4 Å². The fourth-order valence-electron chi connectivity index (χ4n) is 3.33. The molecule has 128 valence electrons. The van der Waals surface area contributed by atoms with Crippen LogP contribution in [0, 0.1) is 6.92 Å². The van der Waals surface area contributed by atoms with E-state index >= 15 is 0 Å². The van der Waals surface area contributed by atoms with Crippen LogP contribution in [0.5, 0.6) is 0 Å². The van der Waals surface area contributed by atoms with Crippen LogP contribution in [0.3, 0.4) is 0 Å². The molecule has 4 nitrogen and oxygen atoms in total. The summed E-state index contributed by atoms with van der Waals surface area (Å²) < 4.78 is 11.5. The van der Waals surface area contributed by atoms with Gasteiger partial charge in [-0.1, -0.05) is 41.9 Å². The van der Waals surface area contributed by atoms with Crippen molar-refractivity contribution in [2.75, 3.05) is 19.8 Å². The zero-order valence-electron chi connectivity index (χ0n) is 13.9. The van der Waals surface area contributed by atoms with Crippen molar-refractivity contribution in [1.82, 2.24) is 4.90 Å². The van der Waals surface area contributed by atoms with Crippen molar-refractivity contribution in [1.29, 1.82) is 0 Å². The monoisotopic (exact) mass is 355 g/mol. The smallest absolute Gasteiger partial charge is 0.290 e. The molecule has 0 bridgehead atoms. The number of ether oxygens (including phenoxy) is 1. The van der Waals surface area contributed by atoms with Gasteiger partial charge >= 0.3 is 0 Å². The lowest BCUT2D eigenvalue weighted by atomic mass is 10.0. The highest BCUT2D eigenvalue weighted by molar-refractivity contribution is 6.31. The molecule has 1 amide bonds. The van der Waals surface area contributed by atoms with E-state index in [2.05, 4.69) is 0 Å². The highest BCUT2D eigenvalue weighted by atomic mass is 35.5. The summed E-state index contributed by atoms with van der Waals surface area (Å²) in [7, 11) is 0. The van der Waals surface area contributed by atoms with Crippen molar-refractivity contribution in [3.63, 3.8) is 0 Å². The van der Waals surface area contributed by atoms with Gasteiger partial charge in [0.05, 0.1) is 19.3 Å². The van der Waals surface area contributed by atoms with Crippen molar-refractivity contribution < 1.29 is 13.9 Å². The molecule has 25 heavy (non-hydrogen) atoms. The van der Waals surface area contributed by atoms with Crippen LogP contribution in [0.2, 0.25) is 5.02 Å². The third-order valence-corrected chi connectivity index (χ3v) is 4.90. The number of nitrogens with zero attached hydrogens (tertiary/aromatic N) is 1. The van der Waals surface area contributed by atoms with Crippen LogP contribution in [0.15, 0.2) is 52.9 Å². The van der Waals surface area contributed by atoms with Crippen molar-refractivity contribution >= 4 is 28.5 Å². The molecular formula is C20H18ClNO3. The largest absolute Gasteiger partial charge is 0.451 e. The van der Waals surface area contributed by atoms with Gasteiger partial charge in [0.2, 0.25) is 0 Å². The quantitative estimate of drug-likeness (QED) is 0.674. The second-order valence-electron chi connectivity index (χ2n) is 6.20. The fraction of sp³-hybridized carbons (Fsp3) is 0.250. The molecule has 1 fully saturated rings. The number of amides is 1. The first-order chi connectivity index (χ1) is 12.1. The molecule has 0 N–H and O–H groups in total. The van der Waals surface area contributed by atoms with Gasteiger partial charge in [-0.05, 0) is 30.7 Å². The summed E-state index contributed by atoms with van der Waals surface area (Å²) in [6, 6.07) is 15.2. The van der Waals surface area contributed by atoms with Crippen LogP contribution in [0.4, 0.5) is 0 Å². The Hall–Kier alpha value is -2.30. The number of fused-ring (bicyclic) bond motifs is 1. The summed E-state index contributed by atoms with van der Waals surface area (Å²) in [5.41, 5.74) is 2.56. The molecule has 0 spiro atoms. The average Bonchev–Trinajstić information content (AvgIpc) is 2.98. The third-order valence-electron chi connectivity index (χ3n) is 4.67. The van der Waals surface area contributed by atoms with Gasteiger partial charge in [0, 0.05) is 22.5 Å². The first kappa shape index (κ1) is 16.2. The van der Waals surface area contributed by atoms with Gasteiger partial charge in [-0.25, -0.2) is 0 Å². The Morgan fingerprint density at radius 1 is 1.20 bits per heavy atom. The predicted octanol–water partition coefficient (Wildman–Crippen LogP) is 4.61. The van der Waals surface area contributed by atoms with Crippen LogP contribution in [0.25, 0.3) is 11.0 Å². The number of rotatable bonds is 2. The number of carbonyl (C=O) groups excluding carboxylic acids is 1. The molecule has 1 aliphatic heterocycles. The van der Waals surface area contributed by atoms with E-state index in [0.717, 1.165) is 16.5 Å². The molecule has 5 heteroatoms. The highest BCUT2D eigenvalue weighted by Crippen LogP contribution is 2.31. The van der Waals surface area contributed by atoms with Gasteiger partial charge in [0.25, 0.3) is 5.91 Å². The molecule has 4 rings (SSSR count). The molecular weight excluding hydrogens is 338 g/mol. The van der Waals surface area contributed by atoms with Crippen LogP contribution in [0.1, 0.15) is 27.7 Å². The van der Waals surface area contributed by atoms with E-state index in [-0.39, 0.29) is 11.9 Å². The van der Waals surface area contributed by atoms with Crippen LogP contribution >= 0.6 is 11.6 Å². The maximum absolute atomic E-state index is 13.2. The molecule has 1 atom stereocenters. The Bertz CT molecular complexity index is 919. The molecule has 1 saturated heterocycles. The summed E-state index contributed by atoms with van der Waals surface area (Å²) in [5, 5.41) is 1.50. The van der Waals surface area contributed by atoms with Crippen LogP contribution < -0.4 is 0 Å². The summed E-state index contributed by atoms with van der Waals surface area (Å²) in [5.74, 6) is 0.266. The summed E-state index contributed by atoms with van der Waals surface area (Å²) in [6.45, 7) is 3.45. The molecule has 0 aliphatic carbocycles. The Morgan fingerprint density at radius 2 is 2.00 bits per heavy atom. The molecule has 0 unspecified atom stereocenters. The topological polar surface area (TPSA) is 42.7 Å². The number of aryl methyl sites for hydroxylation is 1. The molecule has 1 aromatic heterocycles. The number of hydrogen-bond donors (Lipinski definition) is 0. The van der Waals surface area contributed by atoms with Gasteiger partial charge < -0.3 is 14.1 Å². The fourth-order valence-corrected chi connectivity index (χ4v) is 3.50. The van der Waals surface area contributed by atoms with Gasteiger partial charge in [0.1, 0.15) is 5.58 Å². The Labute approximate surface area is 150 Å². The number of hydrogen-bond acceptors (Lipinski definition) is 3. The third kappa shape index (κ3) is 2.92. The van der Waals surface area contributed by atoms with Crippen molar-refractivity contribution in [3.8, 4) is 0 Å². The second kappa shape index (κ2) is 6.54. The van der Waals surface area contributed by atoms with Crippen molar-refractivity contribution in [2.24, 2.45) is 0 Å². The highest BCUT2D eigenvalue weighted by Gasteiger charge is 2.32. The minimum absolute atomic E-state index is 0.109. The zero-order chi connectivity index (χ0) is 17.4. The number of furan rings is 1. The van der Waals surface area contributed by atoms with Crippen LogP contribution in [-0.2, 0) is 4.74 Å². The predicted molar refractivity (Wildman–Crippen MR) is 97.0 cm³/mol. The van der Waals surface area contributed by atoms with Crippen molar-refractivity contribution in [2.45, 2.75) is 13.0 Å². The minimum atomic E-state index is -0.112. The Kier molecular flexibility index (Phi) is 4.24.